The summed E-state index contributed by atoms with van der Waals surface area (Å²) in [5.41, 5.74) is 1.45. The number of carbonyl (C=O) groups excluding carboxylic acids is 2. The molecule has 0 fully saturated rings. The quantitative estimate of drug-likeness (QED) is 0.656. The maximum atomic E-state index is 12.5. The van der Waals surface area contributed by atoms with Crippen LogP contribution in [0.25, 0.3) is 0 Å². The van der Waals surface area contributed by atoms with Gasteiger partial charge in [0.15, 0.2) is 6.61 Å². The number of para-hydroxylation sites is 2. The summed E-state index contributed by atoms with van der Waals surface area (Å²) >= 11 is 5.81. The third kappa shape index (κ3) is 5.33. The summed E-state index contributed by atoms with van der Waals surface area (Å²) in [5, 5.41) is 6.10. The molecule has 2 N–H and O–H groups in total. The lowest BCUT2D eigenvalue weighted by Gasteiger charge is -2.12. The van der Waals surface area contributed by atoms with E-state index >= 15 is 0 Å². The van der Waals surface area contributed by atoms with Crippen LogP contribution in [-0.4, -0.2) is 18.4 Å². The molecule has 3 aromatic carbocycles. The minimum atomic E-state index is -0.370. The molecular formula is C21H17ClN2O3. The number of nitrogens with one attached hydrogen (secondary N) is 2. The van der Waals surface area contributed by atoms with Crippen LogP contribution in [0.2, 0.25) is 5.02 Å². The third-order valence-electron chi connectivity index (χ3n) is 3.66. The Labute approximate surface area is 161 Å². The fourth-order valence-corrected chi connectivity index (χ4v) is 2.50. The molecule has 2 amide bonds. The van der Waals surface area contributed by atoms with Crippen LogP contribution < -0.4 is 15.4 Å². The maximum Gasteiger partial charge on any atom is 0.262 e. The second-order valence-corrected chi connectivity index (χ2v) is 6.09. The van der Waals surface area contributed by atoms with Gasteiger partial charge in [-0.1, -0.05) is 41.9 Å². The number of carbonyl (C=O) groups is 2. The van der Waals surface area contributed by atoms with Crippen LogP contribution in [-0.2, 0) is 4.79 Å². The Morgan fingerprint density at radius 3 is 2.22 bits per heavy atom. The highest BCUT2D eigenvalue weighted by atomic mass is 35.5. The summed E-state index contributed by atoms with van der Waals surface area (Å²) in [5.74, 6) is -0.148. The number of hydrogen-bond acceptors (Lipinski definition) is 3. The van der Waals surface area contributed by atoms with Crippen molar-refractivity contribution in [3.05, 3.63) is 89.4 Å². The Bertz CT molecular complexity index is 928. The number of anilines is 2. The molecule has 0 heterocycles. The molecule has 0 spiro atoms. The van der Waals surface area contributed by atoms with Crippen molar-refractivity contribution in [3.8, 4) is 5.75 Å². The van der Waals surface area contributed by atoms with Crippen molar-refractivity contribution in [2.24, 2.45) is 0 Å². The fraction of sp³-hybridized carbons (Fsp3) is 0.0476. The molecule has 0 unspecified atom stereocenters. The van der Waals surface area contributed by atoms with E-state index < -0.39 is 0 Å². The monoisotopic (exact) mass is 380 g/mol. The first-order valence-corrected chi connectivity index (χ1v) is 8.63. The Morgan fingerprint density at radius 1 is 0.815 bits per heavy atom. The molecule has 0 aliphatic heterocycles. The fourth-order valence-electron chi connectivity index (χ4n) is 2.38. The number of hydrogen-bond donors (Lipinski definition) is 2. The molecule has 0 aromatic heterocycles. The molecule has 3 aromatic rings. The average Bonchev–Trinajstić information content (AvgIpc) is 2.69. The smallest absolute Gasteiger partial charge is 0.262 e. The van der Waals surface area contributed by atoms with E-state index in [-0.39, 0.29) is 18.4 Å². The Hall–Kier alpha value is -3.31. The van der Waals surface area contributed by atoms with E-state index in [9.17, 15) is 9.59 Å². The van der Waals surface area contributed by atoms with Gasteiger partial charge < -0.3 is 15.4 Å². The zero-order valence-corrected chi connectivity index (χ0v) is 15.1. The largest absolute Gasteiger partial charge is 0.484 e. The van der Waals surface area contributed by atoms with Crippen molar-refractivity contribution in [2.45, 2.75) is 0 Å². The van der Waals surface area contributed by atoms with Gasteiger partial charge in [-0.2, -0.15) is 0 Å². The first kappa shape index (κ1) is 18.5. The second-order valence-electron chi connectivity index (χ2n) is 5.66. The summed E-state index contributed by atoms with van der Waals surface area (Å²) in [7, 11) is 0. The standard InChI is InChI=1S/C21H17ClN2O3/c22-15-10-12-17(13-11-15)27-14-20(25)24-19-9-5-4-8-18(19)21(26)23-16-6-2-1-3-7-16/h1-13H,14H2,(H,23,26)(H,24,25). The molecule has 6 heteroatoms. The number of ether oxygens (including phenoxy) is 1. The predicted molar refractivity (Wildman–Crippen MR) is 106 cm³/mol. The summed E-state index contributed by atoms with van der Waals surface area (Å²) in [6, 6.07) is 22.6. The van der Waals surface area contributed by atoms with Crippen molar-refractivity contribution in [1.82, 2.24) is 0 Å². The maximum absolute atomic E-state index is 12.5. The van der Waals surface area contributed by atoms with Crippen molar-refractivity contribution in [1.29, 1.82) is 0 Å². The zero-order chi connectivity index (χ0) is 19.1. The van der Waals surface area contributed by atoms with Crippen molar-refractivity contribution < 1.29 is 14.3 Å². The van der Waals surface area contributed by atoms with Crippen LogP contribution in [0.4, 0.5) is 11.4 Å². The van der Waals surface area contributed by atoms with E-state index in [1.54, 1.807) is 60.7 Å². The normalized spacial score (nSPS) is 10.1. The molecule has 0 saturated heterocycles. The van der Waals surface area contributed by atoms with Gasteiger partial charge in [0.05, 0.1) is 11.3 Å². The Kier molecular flexibility index (Phi) is 6.07. The van der Waals surface area contributed by atoms with Crippen LogP contribution in [0.5, 0.6) is 5.75 Å². The molecule has 0 atom stereocenters. The van der Waals surface area contributed by atoms with Gasteiger partial charge in [-0.15, -0.1) is 0 Å². The van der Waals surface area contributed by atoms with Crippen LogP contribution in [0.3, 0.4) is 0 Å². The highest BCUT2D eigenvalue weighted by molar-refractivity contribution is 6.30. The minimum Gasteiger partial charge on any atom is -0.484 e. The molecule has 27 heavy (non-hydrogen) atoms. The van der Waals surface area contributed by atoms with E-state index in [2.05, 4.69) is 10.6 Å². The van der Waals surface area contributed by atoms with Crippen molar-refractivity contribution >= 4 is 34.8 Å². The van der Waals surface area contributed by atoms with Crippen molar-refractivity contribution in [2.75, 3.05) is 17.2 Å². The lowest BCUT2D eigenvalue weighted by atomic mass is 10.1. The van der Waals surface area contributed by atoms with E-state index in [0.29, 0.717) is 27.7 Å². The molecule has 136 valence electrons. The van der Waals surface area contributed by atoms with E-state index in [0.717, 1.165) is 0 Å². The average molecular weight is 381 g/mol. The SMILES string of the molecule is O=C(COc1ccc(Cl)cc1)Nc1ccccc1C(=O)Nc1ccccc1. The van der Waals surface area contributed by atoms with E-state index in [1.165, 1.54) is 0 Å². The molecule has 0 aliphatic rings. The van der Waals surface area contributed by atoms with E-state index in [4.69, 9.17) is 16.3 Å². The van der Waals surface area contributed by atoms with Gasteiger partial charge >= 0.3 is 0 Å². The van der Waals surface area contributed by atoms with Crippen LogP contribution in [0.1, 0.15) is 10.4 Å². The number of rotatable bonds is 6. The molecular weight excluding hydrogens is 364 g/mol. The molecule has 0 aliphatic carbocycles. The van der Waals surface area contributed by atoms with Crippen LogP contribution in [0.15, 0.2) is 78.9 Å². The number of halogens is 1. The first-order valence-electron chi connectivity index (χ1n) is 8.25. The number of amides is 2. The zero-order valence-electron chi connectivity index (χ0n) is 14.3. The lowest BCUT2D eigenvalue weighted by Crippen LogP contribution is -2.22. The van der Waals surface area contributed by atoms with Gasteiger partial charge in [0.2, 0.25) is 0 Å². The molecule has 5 nitrogen and oxygen atoms in total. The molecule has 3 rings (SSSR count). The summed E-state index contributed by atoms with van der Waals surface area (Å²) in [6.07, 6.45) is 0. The van der Waals surface area contributed by atoms with E-state index in [1.807, 2.05) is 18.2 Å². The summed E-state index contributed by atoms with van der Waals surface area (Å²) in [4.78, 5) is 24.7. The molecule has 0 radical (unpaired) electrons. The van der Waals surface area contributed by atoms with Crippen LogP contribution in [0, 0.1) is 0 Å². The minimum absolute atomic E-state index is 0.184. The Morgan fingerprint density at radius 2 is 1.48 bits per heavy atom. The topological polar surface area (TPSA) is 67.4 Å². The van der Waals surface area contributed by atoms with Gasteiger partial charge in [0.1, 0.15) is 5.75 Å². The highest BCUT2D eigenvalue weighted by Crippen LogP contribution is 2.18. The third-order valence-corrected chi connectivity index (χ3v) is 3.91. The van der Waals surface area contributed by atoms with Gasteiger partial charge in [-0.25, -0.2) is 0 Å². The van der Waals surface area contributed by atoms with Gasteiger partial charge in [-0.3, -0.25) is 9.59 Å². The second kappa shape index (κ2) is 8.87. The van der Waals surface area contributed by atoms with Gasteiger partial charge in [0, 0.05) is 10.7 Å². The lowest BCUT2D eigenvalue weighted by molar-refractivity contribution is -0.118. The first-order chi connectivity index (χ1) is 13.1. The molecule has 0 saturated carbocycles. The predicted octanol–water partition coefficient (Wildman–Crippen LogP) is 4.61. The molecule has 0 bridgehead atoms. The van der Waals surface area contributed by atoms with Gasteiger partial charge in [0.25, 0.3) is 11.8 Å². The highest BCUT2D eigenvalue weighted by Gasteiger charge is 2.13. The Balaban J connectivity index is 1.63. The van der Waals surface area contributed by atoms with Crippen molar-refractivity contribution in [3.63, 3.8) is 0 Å². The summed E-state index contributed by atoms with van der Waals surface area (Å²) in [6.45, 7) is -0.184. The van der Waals surface area contributed by atoms with Gasteiger partial charge in [-0.05, 0) is 48.5 Å². The number of benzene rings is 3. The van der Waals surface area contributed by atoms with Crippen LogP contribution >= 0.6 is 11.6 Å². The summed E-state index contributed by atoms with van der Waals surface area (Å²) < 4.78 is 5.42.